The summed E-state index contributed by atoms with van der Waals surface area (Å²) in [6, 6.07) is 19.1. The predicted octanol–water partition coefficient (Wildman–Crippen LogP) is 5.07. The first-order valence-corrected chi connectivity index (χ1v) is 11.9. The molecule has 0 aliphatic carbocycles. The maximum Gasteiger partial charge on any atom is 0.258 e. The fourth-order valence-corrected chi connectivity index (χ4v) is 4.04. The average Bonchev–Trinajstić information content (AvgIpc) is 2.87. The second-order valence-electron chi connectivity index (χ2n) is 8.73. The number of hydrogen-bond donors (Lipinski definition) is 1. The second kappa shape index (κ2) is 11.2. The van der Waals surface area contributed by atoms with Crippen LogP contribution in [0.5, 0.6) is 0 Å². The van der Waals surface area contributed by atoms with E-state index in [1.54, 1.807) is 31.2 Å². The van der Waals surface area contributed by atoms with Crippen LogP contribution in [0.1, 0.15) is 34.0 Å². The number of halogens is 2. The Bertz CT molecular complexity index is 1220. The van der Waals surface area contributed by atoms with Crippen molar-refractivity contribution in [2.24, 2.45) is 4.99 Å². The fraction of sp³-hybridized carbons (Fsp3) is 0.286. The molecule has 1 aliphatic heterocycles. The van der Waals surface area contributed by atoms with Crippen molar-refractivity contribution in [3.63, 3.8) is 0 Å². The van der Waals surface area contributed by atoms with E-state index in [1.165, 1.54) is 12.1 Å². The lowest BCUT2D eigenvalue weighted by molar-refractivity contribution is 0.0967. The Morgan fingerprint density at radius 1 is 0.943 bits per heavy atom. The molecule has 4 rings (SSSR count). The van der Waals surface area contributed by atoms with E-state index in [2.05, 4.69) is 17.1 Å². The zero-order valence-electron chi connectivity index (χ0n) is 20.1. The highest BCUT2D eigenvalue weighted by Crippen LogP contribution is 2.17. The predicted molar refractivity (Wildman–Crippen MR) is 135 cm³/mol. The molecule has 35 heavy (non-hydrogen) atoms. The first kappa shape index (κ1) is 24.5. The van der Waals surface area contributed by atoms with Crippen LogP contribution in [-0.2, 0) is 13.0 Å². The first-order valence-electron chi connectivity index (χ1n) is 11.9. The van der Waals surface area contributed by atoms with E-state index < -0.39 is 11.7 Å². The van der Waals surface area contributed by atoms with Crippen molar-refractivity contribution in [2.75, 3.05) is 26.2 Å². The van der Waals surface area contributed by atoms with Crippen LogP contribution in [-0.4, -0.2) is 47.8 Å². The molecule has 1 saturated heterocycles. The SMILES string of the molecule is CCc1cccc(N=C(NC(=O)c2ccc(C)c(F)c2)N2CCN(Cc3ccccc3F)CC2)c1. The third-order valence-corrected chi connectivity index (χ3v) is 6.24. The van der Waals surface area contributed by atoms with Crippen molar-refractivity contribution in [3.05, 3.63) is 101 Å². The van der Waals surface area contributed by atoms with Gasteiger partial charge in [-0.05, 0) is 54.8 Å². The number of nitrogens with one attached hydrogen (secondary N) is 1. The molecule has 1 heterocycles. The smallest absolute Gasteiger partial charge is 0.258 e. The third-order valence-electron chi connectivity index (χ3n) is 6.24. The monoisotopic (exact) mass is 476 g/mol. The lowest BCUT2D eigenvalue weighted by Crippen LogP contribution is -2.53. The Morgan fingerprint density at radius 3 is 2.43 bits per heavy atom. The number of aryl methyl sites for hydroxylation is 2. The number of piperazine rings is 1. The van der Waals surface area contributed by atoms with Crippen molar-refractivity contribution in [1.29, 1.82) is 0 Å². The van der Waals surface area contributed by atoms with Gasteiger partial charge < -0.3 is 4.90 Å². The van der Waals surface area contributed by atoms with Gasteiger partial charge in [-0.3, -0.25) is 15.0 Å². The van der Waals surface area contributed by atoms with Crippen LogP contribution in [0.4, 0.5) is 14.5 Å². The molecule has 0 bridgehead atoms. The second-order valence-corrected chi connectivity index (χ2v) is 8.73. The van der Waals surface area contributed by atoms with Crippen LogP contribution in [0, 0.1) is 18.6 Å². The van der Waals surface area contributed by atoms with Crippen molar-refractivity contribution in [2.45, 2.75) is 26.8 Å². The number of benzene rings is 3. The van der Waals surface area contributed by atoms with E-state index in [1.807, 2.05) is 35.2 Å². The molecule has 0 spiro atoms. The summed E-state index contributed by atoms with van der Waals surface area (Å²) >= 11 is 0. The van der Waals surface area contributed by atoms with E-state index in [0.717, 1.165) is 17.7 Å². The summed E-state index contributed by atoms with van der Waals surface area (Å²) in [5.74, 6) is -0.614. The molecule has 0 saturated carbocycles. The summed E-state index contributed by atoms with van der Waals surface area (Å²) in [7, 11) is 0. The molecule has 1 amide bonds. The maximum absolute atomic E-state index is 14.1. The Hall–Kier alpha value is -3.58. The zero-order valence-corrected chi connectivity index (χ0v) is 20.1. The fourth-order valence-electron chi connectivity index (χ4n) is 4.04. The first-order chi connectivity index (χ1) is 16.9. The van der Waals surface area contributed by atoms with Gasteiger partial charge in [0.05, 0.1) is 5.69 Å². The van der Waals surface area contributed by atoms with Gasteiger partial charge in [0.1, 0.15) is 11.6 Å². The Morgan fingerprint density at radius 2 is 1.71 bits per heavy atom. The molecule has 3 aromatic rings. The largest absolute Gasteiger partial charge is 0.340 e. The third kappa shape index (κ3) is 6.31. The standard InChI is InChI=1S/C28H30F2N4O/c1-3-21-7-6-9-24(17-21)31-28(32-27(35)22-12-11-20(2)26(30)18-22)34-15-13-33(14-16-34)19-23-8-4-5-10-25(23)29/h4-12,17-18H,3,13-16,19H2,1-2H3,(H,31,32,35). The number of nitrogens with zero attached hydrogens (tertiary/aromatic N) is 3. The van der Waals surface area contributed by atoms with Crippen LogP contribution in [0.15, 0.2) is 71.7 Å². The molecule has 182 valence electrons. The summed E-state index contributed by atoms with van der Waals surface area (Å²) in [6.45, 7) is 6.87. The Kier molecular flexibility index (Phi) is 7.87. The van der Waals surface area contributed by atoms with E-state index >= 15 is 0 Å². The Balaban J connectivity index is 1.52. The van der Waals surface area contributed by atoms with Crippen LogP contribution >= 0.6 is 0 Å². The normalized spacial score (nSPS) is 14.7. The quantitative estimate of drug-likeness (QED) is 0.413. The van der Waals surface area contributed by atoms with Crippen molar-refractivity contribution < 1.29 is 13.6 Å². The highest BCUT2D eigenvalue weighted by molar-refractivity contribution is 6.06. The highest BCUT2D eigenvalue weighted by atomic mass is 19.1. The van der Waals surface area contributed by atoms with Crippen LogP contribution in [0.3, 0.4) is 0 Å². The molecule has 7 heteroatoms. The van der Waals surface area contributed by atoms with Gasteiger partial charge >= 0.3 is 0 Å². The lowest BCUT2D eigenvalue weighted by atomic mass is 10.1. The topological polar surface area (TPSA) is 47.9 Å². The minimum atomic E-state index is -0.423. The molecule has 5 nitrogen and oxygen atoms in total. The average molecular weight is 477 g/mol. The molecule has 1 N–H and O–H groups in total. The number of amides is 1. The number of rotatable bonds is 5. The van der Waals surface area contributed by atoms with Crippen LogP contribution in [0.25, 0.3) is 0 Å². The van der Waals surface area contributed by atoms with Gasteiger partial charge in [0.2, 0.25) is 5.96 Å². The van der Waals surface area contributed by atoms with Crippen molar-refractivity contribution >= 4 is 17.6 Å². The van der Waals surface area contributed by atoms with Gasteiger partial charge in [-0.25, -0.2) is 13.8 Å². The zero-order chi connectivity index (χ0) is 24.8. The van der Waals surface area contributed by atoms with Gasteiger partial charge in [-0.2, -0.15) is 0 Å². The van der Waals surface area contributed by atoms with Crippen LogP contribution < -0.4 is 5.32 Å². The summed E-state index contributed by atoms with van der Waals surface area (Å²) in [5, 5.41) is 2.90. The van der Waals surface area contributed by atoms with E-state index in [9.17, 15) is 13.6 Å². The molecule has 0 aromatic heterocycles. The molecule has 3 aromatic carbocycles. The van der Waals surface area contributed by atoms with Gasteiger partial charge in [0, 0.05) is 43.9 Å². The van der Waals surface area contributed by atoms with Gasteiger partial charge in [-0.1, -0.05) is 43.3 Å². The number of aliphatic imine (C=N–C) groups is 1. The van der Waals surface area contributed by atoms with Crippen molar-refractivity contribution in [1.82, 2.24) is 15.1 Å². The number of carbonyl (C=O) groups excluding carboxylic acids is 1. The summed E-state index contributed by atoms with van der Waals surface area (Å²) < 4.78 is 28.1. The lowest BCUT2D eigenvalue weighted by Gasteiger charge is -2.36. The van der Waals surface area contributed by atoms with E-state index in [0.29, 0.717) is 49.8 Å². The van der Waals surface area contributed by atoms with Gasteiger partial charge in [-0.15, -0.1) is 0 Å². The van der Waals surface area contributed by atoms with Gasteiger partial charge in [0.15, 0.2) is 0 Å². The number of guanidine groups is 1. The maximum atomic E-state index is 14.1. The Labute approximate surface area is 205 Å². The molecule has 1 fully saturated rings. The van der Waals surface area contributed by atoms with Crippen molar-refractivity contribution in [3.8, 4) is 0 Å². The summed E-state index contributed by atoms with van der Waals surface area (Å²) in [6.07, 6.45) is 0.877. The number of carbonyl (C=O) groups is 1. The molecule has 0 atom stereocenters. The summed E-state index contributed by atoms with van der Waals surface area (Å²) in [4.78, 5) is 21.9. The minimum absolute atomic E-state index is 0.203. The molecule has 1 aliphatic rings. The molecular formula is C28H30F2N4O. The van der Waals surface area contributed by atoms with E-state index in [4.69, 9.17) is 4.99 Å². The molecule has 0 radical (unpaired) electrons. The minimum Gasteiger partial charge on any atom is -0.340 e. The van der Waals surface area contributed by atoms with Crippen LogP contribution in [0.2, 0.25) is 0 Å². The van der Waals surface area contributed by atoms with E-state index in [-0.39, 0.29) is 11.4 Å². The van der Waals surface area contributed by atoms with Gasteiger partial charge in [0.25, 0.3) is 5.91 Å². The molecule has 0 unspecified atom stereocenters. The highest BCUT2D eigenvalue weighted by Gasteiger charge is 2.23. The summed E-state index contributed by atoms with van der Waals surface area (Å²) in [5.41, 5.74) is 3.27. The number of hydrogen-bond acceptors (Lipinski definition) is 3. The molecular weight excluding hydrogens is 446 g/mol.